The largest absolute Gasteiger partial charge is 0.370 e. The first-order chi connectivity index (χ1) is 28.4. The molecule has 0 bridgehead atoms. The maximum absolute atomic E-state index is 14.1. The number of hydrogen-bond donors (Lipinski definition) is 1. The minimum Gasteiger partial charge on any atom is -0.370 e. The normalized spacial score (nSPS) is 20.6. The molecule has 4 fully saturated rings. The fourth-order valence-corrected chi connectivity index (χ4v) is 9.01. The Morgan fingerprint density at radius 1 is 0.828 bits per heavy atom. The Morgan fingerprint density at radius 2 is 1.67 bits per heavy atom. The van der Waals surface area contributed by atoms with Gasteiger partial charge in [0.25, 0.3) is 11.5 Å². The molecule has 6 aromatic rings. The van der Waals surface area contributed by atoms with Crippen LogP contribution in [0, 0.1) is 11.7 Å². The number of imide groups is 1. The van der Waals surface area contributed by atoms with Gasteiger partial charge in [0.05, 0.1) is 29.0 Å². The van der Waals surface area contributed by atoms with E-state index in [0.717, 1.165) is 116 Å². The zero-order chi connectivity index (χ0) is 39.3. The third kappa shape index (κ3) is 6.70. The molecule has 0 aliphatic carbocycles. The van der Waals surface area contributed by atoms with Crippen molar-refractivity contribution < 1.29 is 14.0 Å². The molecule has 0 spiro atoms. The molecule has 2 amide bonds. The van der Waals surface area contributed by atoms with Crippen LogP contribution in [0.3, 0.4) is 0 Å². The number of hydrogen-bond acceptors (Lipinski definition) is 12. The van der Waals surface area contributed by atoms with E-state index in [1.807, 2.05) is 53.2 Å². The Morgan fingerprint density at radius 3 is 2.52 bits per heavy atom. The van der Waals surface area contributed by atoms with Crippen molar-refractivity contribution in [2.45, 2.75) is 44.2 Å². The van der Waals surface area contributed by atoms with Crippen LogP contribution in [0.5, 0.6) is 0 Å². The molecule has 58 heavy (non-hydrogen) atoms. The van der Waals surface area contributed by atoms with Gasteiger partial charge in [0.1, 0.15) is 34.7 Å². The summed E-state index contributed by atoms with van der Waals surface area (Å²) in [4.78, 5) is 56.9. The number of rotatable bonds is 9. The molecular formula is C42H43FN12O3. The van der Waals surface area contributed by atoms with Gasteiger partial charge in [-0.3, -0.25) is 24.6 Å². The number of fused-ring (bicyclic) bond motifs is 2. The average Bonchev–Trinajstić information content (AvgIpc) is 3.89. The summed E-state index contributed by atoms with van der Waals surface area (Å²) >= 11 is 0. The first-order valence-corrected chi connectivity index (χ1v) is 20.1. The van der Waals surface area contributed by atoms with Gasteiger partial charge < -0.3 is 14.7 Å². The minimum atomic E-state index is -0.855. The number of nitrogens with one attached hydrogen (secondary N) is 1. The number of imidazole rings is 1. The van der Waals surface area contributed by atoms with Crippen molar-refractivity contribution in [3.8, 4) is 11.4 Å². The summed E-state index contributed by atoms with van der Waals surface area (Å²) in [6, 6.07) is 21.8. The monoisotopic (exact) mass is 782 g/mol. The van der Waals surface area contributed by atoms with Gasteiger partial charge in [0.15, 0.2) is 5.65 Å². The number of pyridine rings is 1. The first-order valence-electron chi connectivity index (χ1n) is 20.1. The molecule has 2 atom stereocenters. The van der Waals surface area contributed by atoms with Crippen molar-refractivity contribution in [3.63, 3.8) is 0 Å². The molecule has 4 aliphatic heterocycles. The lowest BCUT2D eigenvalue weighted by molar-refractivity contribution is -0.136. The lowest BCUT2D eigenvalue weighted by Crippen LogP contribution is -2.51. The molecule has 16 heteroatoms. The van der Waals surface area contributed by atoms with E-state index in [4.69, 9.17) is 10.1 Å². The van der Waals surface area contributed by atoms with E-state index >= 15 is 0 Å². The van der Waals surface area contributed by atoms with Crippen molar-refractivity contribution in [2.75, 3.05) is 67.1 Å². The summed E-state index contributed by atoms with van der Waals surface area (Å²) in [5.41, 5.74) is 4.27. The Labute approximate surface area is 333 Å². The first kappa shape index (κ1) is 36.1. The van der Waals surface area contributed by atoms with Crippen LogP contribution in [0.4, 0.5) is 21.7 Å². The molecular weight excluding hydrogens is 740 g/mol. The fraction of sp³-hybridized carbons (Fsp3) is 0.381. The van der Waals surface area contributed by atoms with Gasteiger partial charge in [-0.05, 0) is 92.2 Å². The van der Waals surface area contributed by atoms with E-state index < -0.39 is 11.9 Å². The van der Waals surface area contributed by atoms with E-state index in [0.29, 0.717) is 16.8 Å². The van der Waals surface area contributed by atoms with E-state index in [-0.39, 0.29) is 36.2 Å². The van der Waals surface area contributed by atoms with Crippen LogP contribution < -0.4 is 25.6 Å². The topological polar surface area (TPSA) is 150 Å². The lowest BCUT2D eigenvalue weighted by Gasteiger charge is -2.43. The van der Waals surface area contributed by atoms with E-state index in [1.54, 1.807) is 18.2 Å². The molecule has 1 unspecified atom stereocenters. The summed E-state index contributed by atoms with van der Waals surface area (Å²) in [6.07, 6.45) is 5.22. The Balaban J connectivity index is 0.759. The number of carbonyl (C=O) groups excluding carboxylic acids is 2. The van der Waals surface area contributed by atoms with Crippen LogP contribution in [0.15, 0.2) is 83.8 Å². The number of nitrogens with zero attached hydrogens (tertiary/aromatic N) is 11. The number of anilines is 3. The van der Waals surface area contributed by atoms with Crippen LogP contribution in [0.1, 0.15) is 49.8 Å². The fourth-order valence-electron chi connectivity index (χ4n) is 9.01. The second-order valence-corrected chi connectivity index (χ2v) is 15.8. The summed E-state index contributed by atoms with van der Waals surface area (Å²) in [7, 11) is 0. The SMILES string of the molecule is O=C1CCC(n2nnc3cccc(N4CC(CCN5CCN(c6cccc(-c7cnc8ccc(N9CCC[C@@H]9c9cccc(F)c9)nn78)n6)CC5)C4)c3c2=O)C(=O)N1. The van der Waals surface area contributed by atoms with E-state index in [9.17, 15) is 18.8 Å². The van der Waals surface area contributed by atoms with Crippen LogP contribution in [0.25, 0.3) is 27.9 Å². The summed E-state index contributed by atoms with van der Waals surface area (Å²) in [6.45, 7) is 7.13. The molecule has 1 N–H and O–H groups in total. The van der Waals surface area contributed by atoms with Crippen molar-refractivity contribution in [3.05, 3.63) is 101 Å². The van der Waals surface area contributed by atoms with Gasteiger partial charge in [0.2, 0.25) is 5.91 Å². The van der Waals surface area contributed by atoms with Crippen LogP contribution in [-0.2, 0) is 9.59 Å². The maximum atomic E-state index is 14.1. The van der Waals surface area contributed by atoms with Gasteiger partial charge in [-0.1, -0.05) is 29.5 Å². The van der Waals surface area contributed by atoms with E-state index in [2.05, 4.69) is 46.3 Å². The van der Waals surface area contributed by atoms with Crippen molar-refractivity contribution in [2.24, 2.45) is 5.92 Å². The van der Waals surface area contributed by atoms with Crippen molar-refractivity contribution in [1.82, 2.24) is 44.8 Å². The second kappa shape index (κ2) is 14.9. The number of halogens is 1. The highest BCUT2D eigenvalue weighted by Crippen LogP contribution is 2.36. The van der Waals surface area contributed by atoms with Gasteiger partial charge >= 0.3 is 0 Å². The highest BCUT2D eigenvalue weighted by molar-refractivity contribution is 5.99. The number of aromatic nitrogens is 7. The predicted octanol–water partition coefficient (Wildman–Crippen LogP) is 4.00. The lowest BCUT2D eigenvalue weighted by atomic mass is 9.94. The predicted molar refractivity (Wildman–Crippen MR) is 216 cm³/mol. The molecule has 0 radical (unpaired) electrons. The van der Waals surface area contributed by atoms with Gasteiger partial charge in [-0.2, -0.15) is 4.68 Å². The Bertz CT molecular complexity index is 2600. The van der Waals surface area contributed by atoms with Crippen molar-refractivity contribution in [1.29, 1.82) is 0 Å². The molecule has 15 nitrogen and oxygen atoms in total. The Hall–Kier alpha value is -6.29. The average molecular weight is 783 g/mol. The molecule has 2 aromatic carbocycles. The van der Waals surface area contributed by atoms with E-state index in [1.165, 1.54) is 6.07 Å². The van der Waals surface area contributed by atoms with Gasteiger partial charge in [0, 0.05) is 52.2 Å². The second-order valence-electron chi connectivity index (χ2n) is 15.8. The molecule has 10 rings (SSSR count). The molecule has 0 saturated carbocycles. The van der Waals surface area contributed by atoms with Gasteiger partial charge in [-0.15, -0.1) is 10.2 Å². The highest BCUT2D eigenvalue weighted by Gasteiger charge is 2.33. The number of benzene rings is 2. The molecule has 4 aromatic heterocycles. The van der Waals surface area contributed by atoms with Crippen LogP contribution in [0.2, 0.25) is 0 Å². The standard InChI is InChI=1S/C42H43FN12O3/c43-29-6-1-5-28(23-29)32-10-4-17-53(32)38-14-13-36-44-24-35(54(36)48-38)30-7-3-11-37(45-30)51-21-19-50(20-22-51)18-16-27-25-52(26-27)33-9-2-8-31-40(33)42(58)55(49-47-31)34-12-15-39(56)46-41(34)57/h1-3,5-9,11,13-14,23-24,27,32,34H,4,10,12,15-22,25-26H2,(H,46,56,57)/t32-,34?/m1/s1. The highest BCUT2D eigenvalue weighted by atomic mass is 19.1. The maximum Gasteiger partial charge on any atom is 0.280 e. The number of piperazine rings is 1. The summed E-state index contributed by atoms with van der Waals surface area (Å²) in [5, 5.41) is 16.1. The quantitative estimate of drug-likeness (QED) is 0.211. The zero-order valence-electron chi connectivity index (χ0n) is 32.0. The molecule has 4 saturated heterocycles. The third-order valence-corrected chi connectivity index (χ3v) is 12.2. The number of amides is 2. The Kier molecular flexibility index (Phi) is 9.27. The number of piperidine rings is 1. The molecule has 8 heterocycles. The summed E-state index contributed by atoms with van der Waals surface area (Å²) < 4.78 is 17.1. The van der Waals surface area contributed by atoms with Crippen LogP contribution >= 0.6 is 0 Å². The van der Waals surface area contributed by atoms with Gasteiger partial charge in [-0.25, -0.2) is 18.9 Å². The summed E-state index contributed by atoms with van der Waals surface area (Å²) in [5.74, 6) is 1.17. The third-order valence-electron chi connectivity index (χ3n) is 12.2. The van der Waals surface area contributed by atoms with Crippen molar-refractivity contribution >= 4 is 45.7 Å². The number of carbonyl (C=O) groups is 2. The molecule has 296 valence electrons. The zero-order valence-corrected chi connectivity index (χ0v) is 32.0. The van der Waals surface area contributed by atoms with Crippen LogP contribution in [-0.4, -0.2) is 104 Å². The smallest absolute Gasteiger partial charge is 0.280 e. The molecule has 4 aliphatic rings. The minimum absolute atomic E-state index is 0.0677.